The molecule has 0 fully saturated rings. The van der Waals surface area contributed by atoms with Crippen LogP contribution in [0.2, 0.25) is 10.0 Å². The Morgan fingerprint density at radius 1 is 0.871 bits per heavy atom. The number of anilines is 2. The number of rotatable bonds is 6. The van der Waals surface area contributed by atoms with E-state index in [0.717, 1.165) is 27.8 Å². The van der Waals surface area contributed by atoms with Crippen molar-refractivity contribution in [2.45, 2.75) is 0 Å². The zero-order valence-corrected chi connectivity index (χ0v) is 17.6. The van der Waals surface area contributed by atoms with Gasteiger partial charge in [0.1, 0.15) is 17.7 Å². The Morgan fingerprint density at radius 3 is 2.58 bits per heavy atom. The van der Waals surface area contributed by atoms with E-state index in [1.54, 1.807) is 18.5 Å². The van der Waals surface area contributed by atoms with Crippen molar-refractivity contribution in [1.29, 1.82) is 0 Å². The summed E-state index contributed by atoms with van der Waals surface area (Å²) in [4.78, 5) is 25.0. The molecule has 3 heterocycles. The molecule has 0 bridgehead atoms. The molecule has 3 aromatic heterocycles. The molecule has 0 saturated heterocycles. The van der Waals surface area contributed by atoms with Crippen molar-refractivity contribution in [3.05, 3.63) is 65.2 Å². The largest absolute Gasteiger partial charge is 0.368 e. The maximum absolute atomic E-state index is 6.39. The summed E-state index contributed by atoms with van der Waals surface area (Å²) in [6.45, 7) is 1.22. The third-order valence-corrected chi connectivity index (χ3v) is 5.26. The van der Waals surface area contributed by atoms with E-state index in [-0.39, 0.29) is 0 Å². The number of aromatic nitrogens is 6. The molecule has 0 aliphatic carbocycles. The maximum atomic E-state index is 6.39. The van der Waals surface area contributed by atoms with Crippen LogP contribution < -0.4 is 10.6 Å². The van der Waals surface area contributed by atoms with Gasteiger partial charge in [-0.3, -0.25) is 0 Å². The Kier molecular flexibility index (Phi) is 5.23. The van der Waals surface area contributed by atoms with E-state index in [4.69, 9.17) is 28.2 Å². The fraction of sp³-hybridized carbons (Fsp3) is 0.0952. The second-order valence-electron chi connectivity index (χ2n) is 6.71. The molecule has 2 aromatic carbocycles. The van der Waals surface area contributed by atoms with Gasteiger partial charge in [0.25, 0.3) is 0 Å². The molecule has 154 valence electrons. The number of hydrogen-bond acceptors (Lipinski definition) is 7. The lowest BCUT2D eigenvalue weighted by molar-refractivity contribution is 1.04. The highest BCUT2D eigenvalue weighted by Gasteiger charge is 2.12. The molecule has 8 nitrogen and oxygen atoms in total. The third-order valence-electron chi connectivity index (χ3n) is 4.71. The predicted octanol–water partition coefficient (Wildman–Crippen LogP) is 4.79. The van der Waals surface area contributed by atoms with Gasteiger partial charge in [-0.1, -0.05) is 35.3 Å². The number of fused-ring (bicyclic) bond motifs is 2. The van der Waals surface area contributed by atoms with E-state index < -0.39 is 0 Å². The van der Waals surface area contributed by atoms with Gasteiger partial charge in [0, 0.05) is 29.1 Å². The minimum atomic E-state index is 0.503. The molecular weight excluding hydrogens is 435 g/mol. The molecule has 0 aliphatic rings. The van der Waals surface area contributed by atoms with Crippen molar-refractivity contribution in [2.75, 3.05) is 23.7 Å². The van der Waals surface area contributed by atoms with Crippen molar-refractivity contribution < 1.29 is 0 Å². The lowest BCUT2D eigenvalue weighted by Gasteiger charge is -2.12. The molecule has 31 heavy (non-hydrogen) atoms. The van der Waals surface area contributed by atoms with E-state index >= 15 is 0 Å². The highest BCUT2D eigenvalue weighted by atomic mass is 35.5. The number of H-pyrrole nitrogens is 1. The number of halogens is 2. The van der Waals surface area contributed by atoms with Crippen LogP contribution in [0.3, 0.4) is 0 Å². The molecule has 0 amide bonds. The normalized spacial score (nSPS) is 11.2. The summed E-state index contributed by atoms with van der Waals surface area (Å²) >= 11 is 12.4. The van der Waals surface area contributed by atoms with E-state index in [1.165, 1.54) is 6.33 Å². The van der Waals surface area contributed by atoms with Crippen molar-refractivity contribution in [3.63, 3.8) is 0 Å². The van der Waals surface area contributed by atoms with Crippen LogP contribution in [0, 0.1) is 0 Å². The van der Waals surface area contributed by atoms with Crippen LogP contribution >= 0.6 is 23.2 Å². The topological polar surface area (TPSA) is 104 Å². The minimum absolute atomic E-state index is 0.503. The van der Waals surface area contributed by atoms with Crippen molar-refractivity contribution in [1.82, 2.24) is 29.9 Å². The van der Waals surface area contributed by atoms with Gasteiger partial charge in [-0.05, 0) is 30.3 Å². The summed E-state index contributed by atoms with van der Waals surface area (Å²) in [7, 11) is 0. The van der Waals surface area contributed by atoms with Crippen LogP contribution in [0.5, 0.6) is 0 Å². The highest BCUT2D eigenvalue weighted by Crippen LogP contribution is 2.31. The van der Waals surface area contributed by atoms with Gasteiger partial charge >= 0.3 is 0 Å². The SMILES string of the molecule is Clc1ccc(-c2nc(NCCNc3ncnc4nc[nH]c34)c3ccccc3n2)c(Cl)c1. The summed E-state index contributed by atoms with van der Waals surface area (Å²) in [5.41, 5.74) is 2.94. The Hall–Kier alpha value is -3.49. The summed E-state index contributed by atoms with van der Waals surface area (Å²) in [5, 5.41) is 8.67. The maximum Gasteiger partial charge on any atom is 0.182 e. The molecule has 5 rings (SSSR count). The van der Waals surface area contributed by atoms with Gasteiger partial charge in [0.15, 0.2) is 17.3 Å². The molecule has 0 spiro atoms. The first-order chi connectivity index (χ1) is 15.2. The molecule has 0 saturated carbocycles. The fourth-order valence-electron chi connectivity index (χ4n) is 3.26. The molecule has 0 unspecified atom stereocenters. The van der Waals surface area contributed by atoms with Crippen LogP contribution in [0.4, 0.5) is 11.6 Å². The smallest absolute Gasteiger partial charge is 0.182 e. The lowest BCUT2D eigenvalue weighted by atomic mass is 10.2. The number of imidazole rings is 1. The zero-order valence-electron chi connectivity index (χ0n) is 16.1. The molecule has 0 atom stereocenters. The average Bonchev–Trinajstić information content (AvgIpc) is 3.26. The van der Waals surface area contributed by atoms with Crippen molar-refractivity contribution in [2.24, 2.45) is 0 Å². The Labute approximate surface area is 187 Å². The monoisotopic (exact) mass is 450 g/mol. The first-order valence-electron chi connectivity index (χ1n) is 9.53. The van der Waals surface area contributed by atoms with Crippen LogP contribution in [-0.2, 0) is 0 Å². The average molecular weight is 451 g/mol. The van der Waals surface area contributed by atoms with Gasteiger partial charge in [-0.2, -0.15) is 0 Å². The Bertz CT molecular complexity index is 1380. The summed E-state index contributed by atoms with van der Waals surface area (Å²) in [6.07, 6.45) is 3.08. The summed E-state index contributed by atoms with van der Waals surface area (Å²) < 4.78 is 0. The van der Waals surface area contributed by atoms with E-state index in [1.807, 2.05) is 30.3 Å². The molecule has 5 aromatic rings. The van der Waals surface area contributed by atoms with Crippen molar-refractivity contribution in [3.8, 4) is 11.4 Å². The summed E-state index contributed by atoms with van der Waals surface area (Å²) in [6, 6.07) is 13.1. The second kappa shape index (κ2) is 8.33. The van der Waals surface area contributed by atoms with E-state index in [2.05, 4.69) is 35.6 Å². The molecule has 0 radical (unpaired) electrons. The minimum Gasteiger partial charge on any atom is -0.368 e. The predicted molar refractivity (Wildman–Crippen MR) is 124 cm³/mol. The van der Waals surface area contributed by atoms with Crippen molar-refractivity contribution >= 4 is 56.9 Å². The number of benzene rings is 2. The van der Waals surface area contributed by atoms with Crippen LogP contribution in [0.1, 0.15) is 0 Å². The zero-order chi connectivity index (χ0) is 21.2. The quantitative estimate of drug-likeness (QED) is 0.319. The van der Waals surface area contributed by atoms with Gasteiger partial charge in [0.2, 0.25) is 0 Å². The highest BCUT2D eigenvalue weighted by molar-refractivity contribution is 6.36. The van der Waals surface area contributed by atoms with Crippen LogP contribution in [0.15, 0.2) is 55.1 Å². The first-order valence-corrected chi connectivity index (χ1v) is 10.3. The molecular formula is C21H16Cl2N8. The van der Waals surface area contributed by atoms with Gasteiger partial charge in [0.05, 0.1) is 16.9 Å². The first kappa shape index (κ1) is 19.5. The van der Waals surface area contributed by atoms with Gasteiger partial charge in [-0.25, -0.2) is 24.9 Å². The molecule has 10 heteroatoms. The number of para-hydroxylation sites is 1. The molecule has 0 aliphatic heterocycles. The Morgan fingerprint density at radius 2 is 1.71 bits per heavy atom. The number of hydrogen-bond donors (Lipinski definition) is 3. The molecule has 3 N–H and O–H groups in total. The van der Waals surface area contributed by atoms with E-state index in [0.29, 0.717) is 40.4 Å². The third kappa shape index (κ3) is 3.95. The number of aromatic amines is 1. The van der Waals surface area contributed by atoms with Gasteiger partial charge in [-0.15, -0.1) is 0 Å². The number of nitrogens with one attached hydrogen (secondary N) is 3. The van der Waals surface area contributed by atoms with E-state index in [9.17, 15) is 0 Å². The fourth-order valence-corrected chi connectivity index (χ4v) is 3.76. The van der Waals surface area contributed by atoms with Crippen LogP contribution in [0.25, 0.3) is 33.5 Å². The second-order valence-corrected chi connectivity index (χ2v) is 7.56. The lowest BCUT2D eigenvalue weighted by Crippen LogP contribution is -2.16. The van der Waals surface area contributed by atoms with Gasteiger partial charge < -0.3 is 15.6 Å². The standard InChI is InChI=1S/C21H16Cl2N8/c22-12-5-6-13(15(23)9-12)19-30-16-4-2-1-3-14(16)18(31-19)24-7-8-25-20-17-21(27-10-26-17)29-11-28-20/h1-6,9-11H,7-8H2,(H,24,30,31)(H2,25,26,27,28,29). The van der Waals surface area contributed by atoms with Crippen LogP contribution in [-0.4, -0.2) is 43.0 Å². The Balaban J connectivity index is 1.39. The summed E-state index contributed by atoms with van der Waals surface area (Å²) in [5.74, 6) is 1.96. The number of nitrogens with zero attached hydrogens (tertiary/aromatic N) is 5.